The lowest BCUT2D eigenvalue weighted by atomic mass is 9.91. The number of hydrogen-bond donors (Lipinski definition) is 4. The number of methoxy groups -OCH3 is 1. The molecule has 2 saturated heterocycles. The summed E-state index contributed by atoms with van der Waals surface area (Å²) in [6.07, 6.45) is 0. The van der Waals surface area contributed by atoms with Gasteiger partial charge in [0.25, 0.3) is 17.7 Å². The van der Waals surface area contributed by atoms with Crippen molar-refractivity contribution in [1.82, 2.24) is 26.2 Å². The van der Waals surface area contributed by atoms with Gasteiger partial charge in [-0.25, -0.2) is 9.59 Å². The van der Waals surface area contributed by atoms with Crippen molar-refractivity contribution < 1.29 is 28.7 Å². The first kappa shape index (κ1) is 22.9. The number of fused-ring (bicyclic) bond motifs is 1. The van der Waals surface area contributed by atoms with Crippen LogP contribution in [-0.4, -0.2) is 53.9 Å². The molecule has 36 heavy (non-hydrogen) atoms. The van der Waals surface area contributed by atoms with E-state index in [1.165, 1.54) is 12.0 Å². The van der Waals surface area contributed by atoms with Gasteiger partial charge in [-0.15, -0.1) is 0 Å². The van der Waals surface area contributed by atoms with Gasteiger partial charge in [0, 0.05) is 17.7 Å². The van der Waals surface area contributed by atoms with Crippen molar-refractivity contribution in [2.24, 2.45) is 0 Å². The lowest BCUT2D eigenvalue weighted by Crippen LogP contribution is -2.54. The molecule has 3 aliphatic heterocycles. The van der Waals surface area contributed by atoms with E-state index in [-0.39, 0.29) is 19.0 Å². The second-order valence-electron chi connectivity index (χ2n) is 8.86. The Labute approximate surface area is 205 Å². The van der Waals surface area contributed by atoms with Crippen LogP contribution in [0.25, 0.3) is 0 Å². The first-order valence-corrected chi connectivity index (χ1v) is 11.0. The van der Waals surface area contributed by atoms with Crippen LogP contribution < -0.4 is 26.0 Å². The lowest BCUT2D eigenvalue weighted by molar-refractivity contribution is -0.124. The molecule has 2 atom stereocenters. The zero-order valence-electron chi connectivity index (χ0n) is 19.4. The molecule has 3 heterocycles. The van der Waals surface area contributed by atoms with Crippen molar-refractivity contribution in [1.29, 1.82) is 0 Å². The fourth-order valence-corrected chi connectivity index (χ4v) is 4.42. The number of urea groups is 2. The first-order valence-electron chi connectivity index (χ1n) is 11.0. The van der Waals surface area contributed by atoms with Crippen LogP contribution in [0.1, 0.15) is 34.0 Å². The normalized spacial score (nSPS) is 24.4. The topological polar surface area (TPSA) is 146 Å². The minimum Gasteiger partial charge on any atom is -0.497 e. The van der Waals surface area contributed by atoms with E-state index in [1.54, 1.807) is 49.4 Å². The largest absolute Gasteiger partial charge is 0.497 e. The fraction of sp³-hybridized carbons (Fsp3) is 0.240. The summed E-state index contributed by atoms with van der Waals surface area (Å²) in [5, 5.41) is 9.56. The number of amides is 7. The zero-order valence-corrected chi connectivity index (χ0v) is 19.4. The maximum atomic E-state index is 13.0. The Balaban J connectivity index is 1.41. The SMILES string of the molecule is COc1ccc2c(c1)C(=O)N(C[C@@]1(C#Cc3ccc(C4(C)NC(=O)NC4=O)cc3)NC(=O)NC1=O)C2. The van der Waals surface area contributed by atoms with Crippen molar-refractivity contribution in [2.45, 2.75) is 24.5 Å². The van der Waals surface area contributed by atoms with Crippen molar-refractivity contribution >= 4 is 29.8 Å². The maximum Gasteiger partial charge on any atom is 0.323 e. The molecular weight excluding hydrogens is 466 g/mol. The van der Waals surface area contributed by atoms with Crippen LogP contribution in [0.4, 0.5) is 9.59 Å². The van der Waals surface area contributed by atoms with Gasteiger partial charge in [0.1, 0.15) is 11.3 Å². The van der Waals surface area contributed by atoms with Crippen LogP contribution in [0.15, 0.2) is 42.5 Å². The summed E-state index contributed by atoms with van der Waals surface area (Å²) in [5.74, 6) is 4.84. The standard InChI is InChI=1S/C25H21N5O6/c1-24(20(32)26-22(34)28-24)16-6-3-14(4-7-16)9-10-25(21(33)27-23(35)29-25)13-30-12-15-5-8-17(36-2)11-18(15)19(30)31/h3-8,11H,12-13H2,1-2H3,(H2,26,28,32,34)(H2,27,29,33,35)/t24?,25-/m1/s1. The highest BCUT2D eigenvalue weighted by atomic mass is 16.5. The fourth-order valence-electron chi connectivity index (χ4n) is 4.42. The minimum atomic E-state index is -1.65. The number of nitrogens with zero attached hydrogens (tertiary/aromatic N) is 1. The molecule has 0 bridgehead atoms. The van der Waals surface area contributed by atoms with E-state index in [0.717, 1.165) is 5.56 Å². The molecule has 0 aliphatic carbocycles. The molecule has 3 aliphatic rings. The average molecular weight is 487 g/mol. The Bertz CT molecular complexity index is 1410. The number of hydrogen-bond acceptors (Lipinski definition) is 6. The van der Waals surface area contributed by atoms with Crippen molar-refractivity contribution in [3.63, 3.8) is 0 Å². The lowest BCUT2D eigenvalue weighted by Gasteiger charge is -2.26. The van der Waals surface area contributed by atoms with E-state index in [9.17, 15) is 24.0 Å². The van der Waals surface area contributed by atoms with Crippen molar-refractivity contribution in [2.75, 3.05) is 13.7 Å². The van der Waals surface area contributed by atoms with Gasteiger partial charge in [-0.1, -0.05) is 30.0 Å². The van der Waals surface area contributed by atoms with E-state index in [2.05, 4.69) is 33.1 Å². The molecule has 1 unspecified atom stereocenters. The average Bonchev–Trinajstić information content (AvgIpc) is 3.42. The Morgan fingerprint density at radius 1 is 0.944 bits per heavy atom. The predicted molar refractivity (Wildman–Crippen MR) is 124 cm³/mol. The van der Waals surface area contributed by atoms with E-state index in [0.29, 0.717) is 22.4 Å². The summed E-state index contributed by atoms with van der Waals surface area (Å²) in [7, 11) is 1.51. The highest BCUT2D eigenvalue weighted by molar-refractivity contribution is 6.10. The van der Waals surface area contributed by atoms with Crippen molar-refractivity contribution in [3.8, 4) is 17.6 Å². The van der Waals surface area contributed by atoms with E-state index < -0.39 is 35.0 Å². The van der Waals surface area contributed by atoms with Crippen LogP contribution in [0, 0.1) is 11.8 Å². The second kappa shape index (κ2) is 8.13. The molecule has 4 N–H and O–H groups in total. The number of benzene rings is 2. The molecule has 0 saturated carbocycles. The molecule has 0 radical (unpaired) electrons. The first-order chi connectivity index (χ1) is 17.1. The molecule has 2 aromatic carbocycles. The van der Waals surface area contributed by atoms with Crippen LogP contribution in [-0.2, 0) is 21.7 Å². The number of carbonyl (C=O) groups excluding carboxylic acids is 5. The Hall–Kier alpha value is -4.85. The third-order valence-electron chi connectivity index (χ3n) is 6.49. The third-order valence-corrected chi connectivity index (χ3v) is 6.49. The van der Waals surface area contributed by atoms with Crippen LogP contribution in [0.5, 0.6) is 5.75 Å². The van der Waals surface area contributed by atoms with Gasteiger partial charge in [-0.2, -0.15) is 0 Å². The molecule has 11 heteroatoms. The monoisotopic (exact) mass is 487 g/mol. The smallest absolute Gasteiger partial charge is 0.323 e. The van der Waals surface area contributed by atoms with Gasteiger partial charge in [-0.05, 0) is 42.3 Å². The number of carbonyl (C=O) groups is 5. The molecule has 2 aromatic rings. The second-order valence-corrected chi connectivity index (χ2v) is 8.86. The summed E-state index contributed by atoms with van der Waals surface area (Å²) >= 11 is 0. The number of imide groups is 2. The van der Waals surface area contributed by atoms with Gasteiger partial charge in [-0.3, -0.25) is 25.0 Å². The van der Waals surface area contributed by atoms with Crippen LogP contribution in [0.3, 0.4) is 0 Å². The van der Waals surface area contributed by atoms with E-state index in [1.807, 2.05) is 0 Å². The zero-order chi connectivity index (χ0) is 25.7. The Morgan fingerprint density at radius 2 is 1.64 bits per heavy atom. The molecule has 7 amide bonds. The molecule has 0 aromatic heterocycles. The van der Waals surface area contributed by atoms with Gasteiger partial charge in [0.05, 0.1) is 13.7 Å². The molecule has 5 rings (SSSR count). The van der Waals surface area contributed by atoms with Gasteiger partial charge in [0.15, 0.2) is 0 Å². The number of nitrogens with one attached hydrogen (secondary N) is 4. The third kappa shape index (κ3) is 3.69. The van der Waals surface area contributed by atoms with E-state index in [4.69, 9.17) is 4.74 Å². The summed E-state index contributed by atoms with van der Waals surface area (Å²) < 4.78 is 5.20. The molecular formula is C25H21N5O6. The van der Waals surface area contributed by atoms with Crippen LogP contribution >= 0.6 is 0 Å². The molecule has 2 fully saturated rings. The predicted octanol–water partition coefficient (Wildman–Crippen LogP) is 0.336. The summed E-state index contributed by atoms with van der Waals surface area (Å²) in [6, 6.07) is 10.4. The van der Waals surface area contributed by atoms with Gasteiger partial charge >= 0.3 is 12.1 Å². The summed E-state index contributed by atoms with van der Waals surface area (Å²) in [5.41, 5.74) is -0.564. The number of ether oxygens (including phenoxy) is 1. The van der Waals surface area contributed by atoms with E-state index >= 15 is 0 Å². The Morgan fingerprint density at radius 3 is 2.25 bits per heavy atom. The minimum absolute atomic E-state index is 0.157. The molecule has 0 spiro atoms. The Kier molecular flexibility index (Phi) is 5.17. The summed E-state index contributed by atoms with van der Waals surface area (Å²) in [4.78, 5) is 63.0. The van der Waals surface area contributed by atoms with Crippen LogP contribution in [0.2, 0.25) is 0 Å². The highest BCUT2D eigenvalue weighted by Gasteiger charge is 2.48. The van der Waals surface area contributed by atoms with Gasteiger partial charge < -0.3 is 20.3 Å². The van der Waals surface area contributed by atoms with Crippen molar-refractivity contribution in [3.05, 3.63) is 64.7 Å². The maximum absolute atomic E-state index is 13.0. The highest BCUT2D eigenvalue weighted by Crippen LogP contribution is 2.29. The quantitative estimate of drug-likeness (QED) is 0.361. The summed E-state index contributed by atoms with van der Waals surface area (Å²) in [6.45, 7) is 1.68. The molecule has 182 valence electrons. The molecule has 11 nitrogen and oxygen atoms in total. The number of rotatable bonds is 4. The van der Waals surface area contributed by atoms with Gasteiger partial charge in [0.2, 0.25) is 5.54 Å².